The molecule has 0 radical (unpaired) electrons. The van der Waals surface area contributed by atoms with Gasteiger partial charge in [-0.15, -0.1) is 0 Å². The summed E-state index contributed by atoms with van der Waals surface area (Å²) < 4.78 is 7.29. The van der Waals surface area contributed by atoms with E-state index in [0.29, 0.717) is 0 Å². The topological polar surface area (TPSA) is 41.3 Å². The van der Waals surface area contributed by atoms with E-state index in [1.165, 1.54) is 0 Å². The number of nitrogens with one attached hydrogen (secondary N) is 1. The number of hydrogen-bond acceptors (Lipinski definition) is 3. The maximum Gasteiger partial charge on any atom is 0.170 e. The second kappa shape index (κ2) is 7.21. The van der Waals surface area contributed by atoms with E-state index in [4.69, 9.17) is 16.6 Å². The van der Waals surface area contributed by atoms with Gasteiger partial charge in [0.25, 0.3) is 0 Å². The maximum atomic E-state index is 6.24. The average molecular weight is 428 g/mol. The number of furan rings is 1. The van der Waals surface area contributed by atoms with Gasteiger partial charge in [0.1, 0.15) is 17.6 Å². The third kappa shape index (κ3) is 3.15. The van der Waals surface area contributed by atoms with Crippen LogP contribution in [0.4, 0.5) is 0 Å². The molecule has 1 aliphatic heterocycles. The summed E-state index contributed by atoms with van der Waals surface area (Å²) >= 11 is 9.02. The van der Waals surface area contributed by atoms with Crippen LogP contribution in [0.25, 0.3) is 11.3 Å². The minimum Gasteiger partial charge on any atom is -0.459 e. The molecule has 1 aromatic carbocycles. The summed E-state index contributed by atoms with van der Waals surface area (Å²) in [4.78, 5) is 6.67. The molecule has 2 atom stereocenters. The van der Waals surface area contributed by atoms with Crippen LogP contribution in [0.1, 0.15) is 30.5 Å². The Bertz CT molecular complexity index is 910. The third-order valence-corrected chi connectivity index (χ3v) is 5.47. The van der Waals surface area contributed by atoms with Gasteiger partial charge in [0.2, 0.25) is 0 Å². The lowest BCUT2D eigenvalue weighted by Crippen LogP contribution is -2.29. The fourth-order valence-electron chi connectivity index (χ4n) is 3.34. The number of thiocarbonyl (C=S) groups is 1. The van der Waals surface area contributed by atoms with Crippen molar-refractivity contribution in [1.29, 1.82) is 0 Å². The average Bonchev–Trinajstić information content (AvgIpc) is 3.27. The Morgan fingerprint density at radius 3 is 2.65 bits per heavy atom. The predicted octanol–water partition coefficient (Wildman–Crippen LogP) is 5.10. The van der Waals surface area contributed by atoms with Crippen LogP contribution in [0.5, 0.6) is 0 Å². The van der Waals surface area contributed by atoms with Gasteiger partial charge in [-0.3, -0.25) is 4.98 Å². The number of halogens is 1. The first-order valence-corrected chi connectivity index (χ1v) is 9.71. The Morgan fingerprint density at radius 2 is 1.96 bits per heavy atom. The van der Waals surface area contributed by atoms with Gasteiger partial charge in [-0.25, -0.2) is 0 Å². The van der Waals surface area contributed by atoms with Crippen molar-refractivity contribution in [2.75, 3.05) is 6.54 Å². The van der Waals surface area contributed by atoms with Crippen LogP contribution in [-0.2, 0) is 0 Å². The lowest BCUT2D eigenvalue weighted by molar-refractivity contribution is 0.284. The normalized spacial score (nSPS) is 19.6. The van der Waals surface area contributed by atoms with Crippen molar-refractivity contribution >= 4 is 33.3 Å². The highest BCUT2D eigenvalue weighted by Gasteiger charge is 2.40. The van der Waals surface area contributed by atoms with Crippen molar-refractivity contribution in [3.63, 3.8) is 0 Å². The van der Waals surface area contributed by atoms with Crippen molar-refractivity contribution < 1.29 is 4.42 Å². The van der Waals surface area contributed by atoms with E-state index >= 15 is 0 Å². The highest BCUT2D eigenvalue weighted by atomic mass is 79.9. The van der Waals surface area contributed by atoms with Crippen molar-refractivity contribution in [3.8, 4) is 11.3 Å². The minimum atomic E-state index is -0.0347. The van der Waals surface area contributed by atoms with E-state index in [9.17, 15) is 0 Å². The van der Waals surface area contributed by atoms with Crippen LogP contribution >= 0.6 is 28.1 Å². The molecule has 132 valence electrons. The molecule has 0 bridgehead atoms. The second-order valence-electron chi connectivity index (χ2n) is 6.12. The molecule has 0 saturated carbocycles. The summed E-state index contributed by atoms with van der Waals surface area (Å²) in [5.74, 6) is 1.73. The number of likely N-dealkylation sites (N-methyl/N-ethyl adjacent to an activating group) is 1. The van der Waals surface area contributed by atoms with Gasteiger partial charge in [-0.1, -0.05) is 34.1 Å². The van der Waals surface area contributed by atoms with Crippen LogP contribution in [0.2, 0.25) is 0 Å². The molecule has 1 aliphatic rings. The summed E-state index contributed by atoms with van der Waals surface area (Å²) in [5.41, 5.74) is 2.00. The van der Waals surface area contributed by atoms with Gasteiger partial charge >= 0.3 is 0 Å². The number of benzene rings is 1. The Labute approximate surface area is 166 Å². The van der Waals surface area contributed by atoms with Crippen molar-refractivity contribution in [3.05, 3.63) is 76.7 Å². The standard InChI is InChI=1S/C20H18BrN3OS/c1-2-24-19(18(23-20(24)26)15-5-3-4-12-22-15)17-11-10-16(25-17)13-6-8-14(21)9-7-13/h3-12,18-19H,2H2,1H3,(H,23,26)/t18-,19-/m0/s1. The first kappa shape index (κ1) is 17.2. The van der Waals surface area contributed by atoms with Gasteiger partial charge in [0, 0.05) is 22.8 Å². The Kier molecular flexibility index (Phi) is 4.78. The molecule has 1 N–H and O–H groups in total. The molecule has 6 heteroatoms. The lowest BCUT2D eigenvalue weighted by atomic mass is 10.0. The van der Waals surface area contributed by atoms with E-state index in [1.807, 2.05) is 54.6 Å². The Morgan fingerprint density at radius 1 is 1.15 bits per heavy atom. The first-order valence-electron chi connectivity index (χ1n) is 8.51. The van der Waals surface area contributed by atoms with Crippen LogP contribution < -0.4 is 5.32 Å². The zero-order valence-corrected chi connectivity index (χ0v) is 16.6. The van der Waals surface area contributed by atoms with Crippen LogP contribution in [0, 0.1) is 0 Å². The molecule has 3 heterocycles. The summed E-state index contributed by atoms with van der Waals surface area (Å²) in [6.07, 6.45) is 1.81. The van der Waals surface area contributed by atoms with Crippen molar-refractivity contribution in [2.45, 2.75) is 19.0 Å². The van der Waals surface area contributed by atoms with E-state index in [2.05, 4.69) is 38.1 Å². The number of rotatable bonds is 4. The van der Waals surface area contributed by atoms with Crippen molar-refractivity contribution in [2.24, 2.45) is 0 Å². The molecule has 1 fully saturated rings. The first-order chi connectivity index (χ1) is 12.7. The largest absolute Gasteiger partial charge is 0.459 e. The number of hydrogen-bond donors (Lipinski definition) is 1. The van der Waals surface area contributed by atoms with E-state index in [0.717, 1.165) is 38.9 Å². The Balaban J connectivity index is 1.71. The van der Waals surface area contributed by atoms with E-state index < -0.39 is 0 Å². The van der Waals surface area contributed by atoms with Gasteiger partial charge in [0.15, 0.2) is 5.11 Å². The number of pyridine rings is 1. The zero-order chi connectivity index (χ0) is 18.1. The number of aromatic nitrogens is 1. The molecule has 0 unspecified atom stereocenters. The summed E-state index contributed by atoms with van der Waals surface area (Å²) in [6, 6.07) is 18.0. The molecule has 3 aromatic rings. The highest BCUT2D eigenvalue weighted by Crippen LogP contribution is 2.40. The lowest BCUT2D eigenvalue weighted by Gasteiger charge is -2.24. The Hall–Kier alpha value is -2.18. The van der Waals surface area contributed by atoms with Crippen LogP contribution in [0.15, 0.2) is 69.7 Å². The molecule has 2 aromatic heterocycles. The highest BCUT2D eigenvalue weighted by molar-refractivity contribution is 9.10. The molecular weight excluding hydrogens is 410 g/mol. The minimum absolute atomic E-state index is 0.0217. The van der Waals surface area contributed by atoms with E-state index in [-0.39, 0.29) is 12.1 Å². The van der Waals surface area contributed by atoms with Crippen LogP contribution in [-0.4, -0.2) is 21.5 Å². The fraction of sp³-hybridized carbons (Fsp3) is 0.200. The van der Waals surface area contributed by atoms with E-state index in [1.54, 1.807) is 6.20 Å². The fourth-order valence-corrected chi connectivity index (χ4v) is 3.97. The second-order valence-corrected chi connectivity index (χ2v) is 7.42. The molecular formula is C20H18BrN3OS. The monoisotopic (exact) mass is 427 g/mol. The summed E-state index contributed by atoms with van der Waals surface area (Å²) in [6.45, 7) is 2.90. The maximum absolute atomic E-state index is 6.24. The van der Waals surface area contributed by atoms with Gasteiger partial charge in [-0.05, 0) is 55.5 Å². The summed E-state index contributed by atoms with van der Waals surface area (Å²) in [7, 11) is 0. The van der Waals surface area contributed by atoms with Crippen LogP contribution in [0.3, 0.4) is 0 Å². The molecule has 4 rings (SSSR count). The van der Waals surface area contributed by atoms with Gasteiger partial charge in [0.05, 0.1) is 11.7 Å². The quantitative estimate of drug-likeness (QED) is 0.586. The molecule has 4 nitrogen and oxygen atoms in total. The smallest absolute Gasteiger partial charge is 0.170 e. The van der Waals surface area contributed by atoms with Crippen molar-refractivity contribution in [1.82, 2.24) is 15.2 Å². The molecule has 0 aliphatic carbocycles. The molecule has 26 heavy (non-hydrogen) atoms. The molecule has 0 spiro atoms. The zero-order valence-electron chi connectivity index (χ0n) is 14.2. The third-order valence-electron chi connectivity index (χ3n) is 4.59. The van der Waals surface area contributed by atoms with Gasteiger partial charge in [-0.2, -0.15) is 0 Å². The van der Waals surface area contributed by atoms with Gasteiger partial charge < -0.3 is 14.6 Å². The SMILES string of the molecule is CCN1C(=S)N[C@@H](c2ccccn2)[C@@H]1c1ccc(-c2ccc(Br)cc2)o1. The summed E-state index contributed by atoms with van der Waals surface area (Å²) in [5, 5.41) is 4.14. The predicted molar refractivity (Wildman–Crippen MR) is 110 cm³/mol. The molecule has 0 amide bonds. The molecule has 1 saturated heterocycles. The number of nitrogens with zero attached hydrogens (tertiary/aromatic N) is 2.